The van der Waals surface area contributed by atoms with E-state index in [-0.39, 0.29) is 16.9 Å². The number of halogens is 1. The van der Waals surface area contributed by atoms with E-state index < -0.39 is 12.9 Å². The van der Waals surface area contributed by atoms with E-state index in [1.165, 1.54) is 18.2 Å². The number of benzene rings is 1. The van der Waals surface area contributed by atoms with Crippen molar-refractivity contribution in [3.8, 4) is 11.5 Å². The maximum Gasteiger partial charge on any atom is 0.489 e. The van der Waals surface area contributed by atoms with Crippen LogP contribution in [0.1, 0.15) is 19.2 Å². The zero-order valence-corrected chi connectivity index (χ0v) is 9.80. The molecular weight excluding hydrogens is 238 g/mol. The Balaban J connectivity index is 2.48. The largest absolute Gasteiger partial charge is 0.489 e. The van der Waals surface area contributed by atoms with Gasteiger partial charge in [-0.25, -0.2) is 4.39 Å². The van der Waals surface area contributed by atoms with Gasteiger partial charge < -0.3 is 14.5 Å². The Kier molecular flexibility index (Phi) is 3.73. The lowest BCUT2D eigenvalue weighted by Crippen LogP contribution is -2.32. The van der Waals surface area contributed by atoms with Crippen LogP contribution in [0.3, 0.4) is 0 Å². The minimum atomic E-state index is -1.79. The zero-order valence-electron chi connectivity index (χ0n) is 9.80. The van der Waals surface area contributed by atoms with Crippen LogP contribution in [0.15, 0.2) is 22.6 Å². The van der Waals surface area contributed by atoms with Gasteiger partial charge >= 0.3 is 7.12 Å². The fraction of sp³-hybridized carbons (Fsp3) is 0.273. The highest BCUT2D eigenvalue weighted by molar-refractivity contribution is 6.60. The molecule has 1 aromatic carbocycles. The van der Waals surface area contributed by atoms with Crippen molar-refractivity contribution in [2.75, 3.05) is 0 Å². The maximum absolute atomic E-state index is 13.7. The molecule has 0 fully saturated rings. The van der Waals surface area contributed by atoms with Crippen LogP contribution >= 0.6 is 0 Å². The molecule has 2 rings (SSSR count). The average Bonchev–Trinajstić information content (AvgIpc) is 2.77. The summed E-state index contributed by atoms with van der Waals surface area (Å²) in [5.74, 6) is -0.277. The van der Waals surface area contributed by atoms with E-state index in [1.807, 2.05) is 6.92 Å². The molecule has 94 valence electrons. The molecule has 7 heteroatoms. The molecular formula is C11H12BFN2O3. The molecule has 0 radical (unpaired) electrons. The summed E-state index contributed by atoms with van der Waals surface area (Å²) in [6, 6.07) is 3.98. The zero-order chi connectivity index (χ0) is 13.1. The van der Waals surface area contributed by atoms with E-state index in [1.54, 1.807) is 0 Å². The van der Waals surface area contributed by atoms with Crippen molar-refractivity contribution in [2.24, 2.45) is 0 Å². The summed E-state index contributed by atoms with van der Waals surface area (Å²) in [7, 11) is -1.79. The first-order valence-corrected chi connectivity index (χ1v) is 5.60. The van der Waals surface area contributed by atoms with Crippen LogP contribution in [-0.2, 0) is 6.42 Å². The highest BCUT2D eigenvalue weighted by Crippen LogP contribution is 2.20. The lowest BCUT2D eigenvalue weighted by molar-refractivity contribution is 0.425. The van der Waals surface area contributed by atoms with Gasteiger partial charge in [-0.05, 0) is 17.9 Å². The Hall–Kier alpha value is -1.73. The molecule has 1 aromatic heterocycles. The predicted octanol–water partition coefficient (Wildman–Crippen LogP) is 0.508. The van der Waals surface area contributed by atoms with Gasteiger partial charge in [0.15, 0.2) is 0 Å². The Bertz CT molecular complexity index is 545. The van der Waals surface area contributed by atoms with E-state index in [0.29, 0.717) is 12.3 Å². The van der Waals surface area contributed by atoms with Crippen molar-refractivity contribution in [3.05, 3.63) is 29.9 Å². The lowest BCUT2D eigenvalue weighted by Gasteiger charge is -2.05. The van der Waals surface area contributed by atoms with Gasteiger partial charge in [-0.3, -0.25) is 0 Å². The first-order valence-electron chi connectivity index (χ1n) is 5.60. The van der Waals surface area contributed by atoms with Gasteiger partial charge in [-0.2, -0.15) is 0 Å². The van der Waals surface area contributed by atoms with Crippen LogP contribution in [0.2, 0.25) is 0 Å². The average molecular weight is 250 g/mol. The topological polar surface area (TPSA) is 79.4 Å². The Morgan fingerprint density at radius 2 is 2.11 bits per heavy atom. The minimum Gasteiger partial charge on any atom is -0.423 e. The summed E-state index contributed by atoms with van der Waals surface area (Å²) in [6.07, 6.45) is 1.42. The van der Waals surface area contributed by atoms with Gasteiger partial charge in [0.25, 0.3) is 0 Å². The number of nitrogens with zero attached hydrogens (tertiary/aromatic N) is 2. The number of aryl methyl sites for hydroxylation is 1. The molecule has 1 heterocycles. The van der Waals surface area contributed by atoms with Crippen molar-refractivity contribution in [3.63, 3.8) is 0 Å². The second-order valence-electron chi connectivity index (χ2n) is 3.83. The third kappa shape index (κ3) is 2.41. The molecule has 5 nitrogen and oxygen atoms in total. The fourth-order valence-corrected chi connectivity index (χ4v) is 1.65. The van der Waals surface area contributed by atoms with Crippen molar-refractivity contribution in [1.29, 1.82) is 0 Å². The molecule has 2 aromatic rings. The SMILES string of the molecule is CCCc1nnc(-c2c(F)cccc2B(O)O)o1. The van der Waals surface area contributed by atoms with Gasteiger partial charge in [0.05, 0.1) is 5.56 Å². The smallest absolute Gasteiger partial charge is 0.423 e. The Labute approximate surface area is 103 Å². The summed E-state index contributed by atoms with van der Waals surface area (Å²) >= 11 is 0. The molecule has 0 saturated carbocycles. The first-order chi connectivity index (χ1) is 8.63. The van der Waals surface area contributed by atoms with Gasteiger partial charge in [-0.15, -0.1) is 10.2 Å². The molecule has 0 atom stereocenters. The van der Waals surface area contributed by atoms with Crippen LogP contribution in [-0.4, -0.2) is 27.4 Å². The summed E-state index contributed by atoms with van der Waals surface area (Å²) in [4.78, 5) is 0. The van der Waals surface area contributed by atoms with Crippen molar-refractivity contribution >= 4 is 12.6 Å². The number of aromatic nitrogens is 2. The van der Waals surface area contributed by atoms with E-state index in [0.717, 1.165) is 6.42 Å². The third-order valence-electron chi connectivity index (χ3n) is 2.47. The molecule has 0 aliphatic rings. The molecule has 0 saturated heterocycles. The van der Waals surface area contributed by atoms with Crippen molar-refractivity contribution in [2.45, 2.75) is 19.8 Å². The highest BCUT2D eigenvalue weighted by Gasteiger charge is 2.23. The van der Waals surface area contributed by atoms with Crippen LogP contribution < -0.4 is 5.46 Å². The Morgan fingerprint density at radius 3 is 2.78 bits per heavy atom. The summed E-state index contributed by atoms with van der Waals surface area (Å²) in [5, 5.41) is 25.9. The molecule has 0 aliphatic heterocycles. The van der Waals surface area contributed by atoms with Crippen molar-refractivity contribution in [1.82, 2.24) is 10.2 Å². The predicted molar refractivity (Wildman–Crippen MR) is 63.5 cm³/mol. The van der Waals surface area contributed by atoms with Crippen LogP contribution in [0.5, 0.6) is 0 Å². The number of rotatable bonds is 4. The monoisotopic (exact) mass is 250 g/mol. The van der Waals surface area contributed by atoms with E-state index in [2.05, 4.69) is 10.2 Å². The molecule has 2 N–H and O–H groups in total. The van der Waals surface area contributed by atoms with Crippen LogP contribution in [0, 0.1) is 5.82 Å². The minimum absolute atomic E-state index is 0.00157. The highest BCUT2D eigenvalue weighted by atomic mass is 19.1. The molecule has 0 aliphatic carbocycles. The Morgan fingerprint density at radius 1 is 1.33 bits per heavy atom. The van der Waals surface area contributed by atoms with Crippen LogP contribution in [0.25, 0.3) is 11.5 Å². The molecule has 0 amide bonds. The van der Waals surface area contributed by atoms with Crippen molar-refractivity contribution < 1.29 is 18.9 Å². The van der Waals surface area contributed by atoms with Gasteiger partial charge in [0, 0.05) is 6.42 Å². The van der Waals surface area contributed by atoms with Gasteiger partial charge in [-0.1, -0.05) is 19.1 Å². The number of hydrogen-bond donors (Lipinski definition) is 2. The molecule has 0 spiro atoms. The van der Waals surface area contributed by atoms with E-state index in [9.17, 15) is 14.4 Å². The molecule has 0 unspecified atom stereocenters. The second-order valence-corrected chi connectivity index (χ2v) is 3.83. The van der Waals surface area contributed by atoms with Crippen LogP contribution in [0.4, 0.5) is 4.39 Å². The standard InChI is InChI=1S/C11H12BFN2O3/c1-2-4-9-14-15-11(18-9)10-7(12(16)17)5-3-6-8(10)13/h3,5-6,16-17H,2,4H2,1H3. The van der Waals surface area contributed by atoms with Gasteiger partial charge in [0.1, 0.15) is 5.82 Å². The number of hydrogen-bond acceptors (Lipinski definition) is 5. The fourth-order valence-electron chi connectivity index (χ4n) is 1.65. The lowest BCUT2D eigenvalue weighted by atomic mass is 9.77. The van der Waals surface area contributed by atoms with Gasteiger partial charge in [0.2, 0.25) is 11.8 Å². The molecule has 0 bridgehead atoms. The summed E-state index contributed by atoms with van der Waals surface area (Å²) < 4.78 is 19.0. The second kappa shape index (κ2) is 5.28. The quantitative estimate of drug-likeness (QED) is 0.773. The first kappa shape index (κ1) is 12.7. The summed E-state index contributed by atoms with van der Waals surface area (Å²) in [5.41, 5.74) is -0.0657. The van der Waals surface area contributed by atoms with E-state index in [4.69, 9.17) is 4.42 Å². The molecule has 18 heavy (non-hydrogen) atoms. The normalized spacial score (nSPS) is 10.7. The summed E-state index contributed by atoms with van der Waals surface area (Å²) in [6.45, 7) is 1.95. The third-order valence-corrected chi connectivity index (χ3v) is 2.47. The maximum atomic E-state index is 13.7. The van der Waals surface area contributed by atoms with E-state index >= 15 is 0 Å².